The number of anilines is 1. The summed E-state index contributed by atoms with van der Waals surface area (Å²) in [4.78, 5) is 40.4. The standard InChI is InChI=1S/C29H35FN4O4/c1-28(2)16-33(17-29(3,4)38-28)14-18-8-9-19(22(30)12-18)13-31-23-7-5-6-20-21(23)15-34(27(20)37)24-10-11-25(35)32-26(24)36/h5-9,12,24,31H,10-11,13-17H2,1-4H3,(H,32,35,36)/i15D2,24D. The molecule has 3 heterocycles. The lowest BCUT2D eigenvalue weighted by Gasteiger charge is -2.47. The number of hydrogen-bond donors (Lipinski definition) is 2. The van der Waals surface area contributed by atoms with Gasteiger partial charge < -0.3 is 15.0 Å². The largest absolute Gasteiger partial charge is 0.381 e. The van der Waals surface area contributed by atoms with E-state index in [0.717, 1.165) is 18.7 Å². The van der Waals surface area contributed by atoms with Crippen molar-refractivity contribution in [2.75, 3.05) is 18.4 Å². The number of imide groups is 1. The quantitative estimate of drug-likeness (QED) is 0.561. The molecule has 3 aliphatic rings. The molecule has 3 aliphatic heterocycles. The average Bonchev–Trinajstić information content (AvgIpc) is 3.05. The molecule has 2 aromatic rings. The summed E-state index contributed by atoms with van der Waals surface area (Å²) in [7, 11) is 0. The molecule has 0 aliphatic carbocycles. The third-order valence-corrected chi connectivity index (χ3v) is 6.85. The zero-order valence-electron chi connectivity index (χ0n) is 25.1. The molecule has 2 fully saturated rings. The Labute approximate surface area is 226 Å². The number of carbonyl (C=O) groups excluding carboxylic acids is 3. The van der Waals surface area contributed by atoms with Crippen LogP contribution >= 0.6 is 0 Å². The molecule has 2 aromatic carbocycles. The van der Waals surface area contributed by atoms with E-state index in [9.17, 15) is 14.4 Å². The first-order chi connectivity index (χ1) is 19.0. The van der Waals surface area contributed by atoms with Crippen LogP contribution in [0.3, 0.4) is 0 Å². The Morgan fingerprint density at radius 1 is 1.16 bits per heavy atom. The van der Waals surface area contributed by atoms with Gasteiger partial charge in [-0.1, -0.05) is 18.2 Å². The Bertz CT molecular complexity index is 1420. The molecule has 5 rings (SSSR count). The van der Waals surface area contributed by atoms with Crippen molar-refractivity contribution in [3.63, 3.8) is 0 Å². The van der Waals surface area contributed by atoms with Crippen molar-refractivity contribution in [3.8, 4) is 0 Å². The average molecular weight is 526 g/mol. The molecule has 38 heavy (non-hydrogen) atoms. The van der Waals surface area contributed by atoms with E-state index >= 15 is 4.39 Å². The van der Waals surface area contributed by atoms with Gasteiger partial charge in [-0.05, 0) is 57.9 Å². The van der Waals surface area contributed by atoms with E-state index < -0.39 is 36.1 Å². The van der Waals surface area contributed by atoms with Crippen LogP contribution in [0.2, 0.25) is 0 Å². The smallest absolute Gasteiger partial charge is 0.255 e. The van der Waals surface area contributed by atoms with Gasteiger partial charge in [0.05, 0.1) is 15.3 Å². The second-order valence-corrected chi connectivity index (χ2v) is 11.4. The van der Waals surface area contributed by atoms with Crippen LogP contribution in [0.1, 0.15) is 71.7 Å². The van der Waals surface area contributed by atoms with Gasteiger partial charge in [0, 0.05) is 61.5 Å². The van der Waals surface area contributed by atoms with Crippen LogP contribution in [-0.2, 0) is 33.9 Å². The van der Waals surface area contributed by atoms with Crippen molar-refractivity contribution in [2.24, 2.45) is 0 Å². The molecule has 0 aromatic heterocycles. The topological polar surface area (TPSA) is 91.0 Å². The lowest BCUT2D eigenvalue weighted by molar-refractivity contribution is -0.182. The molecule has 8 nitrogen and oxygen atoms in total. The first kappa shape index (κ1) is 22.7. The van der Waals surface area contributed by atoms with Crippen molar-refractivity contribution in [3.05, 3.63) is 64.5 Å². The molecule has 202 valence electrons. The highest BCUT2D eigenvalue weighted by Gasteiger charge is 2.40. The monoisotopic (exact) mass is 525 g/mol. The number of fused-ring (bicyclic) bond motifs is 1. The van der Waals surface area contributed by atoms with Crippen molar-refractivity contribution in [2.45, 2.75) is 77.3 Å². The van der Waals surface area contributed by atoms with Gasteiger partial charge in [0.2, 0.25) is 11.8 Å². The predicted molar refractivity (Wildman–Crippen MR) is 141 cm³/mol. The Morgan fingerprint density at radius 2 is 1.89 bits per heavy atom. The zero-order valence-corrected chi connectivity index (χ0v) is 22.1. The van der Waals surface area contributed by atoms with Gasteiger partial charge in [0.1, 0.15) is 11.8 Å². The molecular weight excluding hydrogens is 487 g/mol. The molecule has 3 amide bonds. The molecule has 0 saturated carbocycles. The lowest BCUT2D eigenvalue weighted by atomic mass is 9.98. The minimum Gasteiger partial charge on any atom is -0.381 e. The molecule has 0 spiro atoms. The molecule has 2 saturated heterocycles. The number of piperidine rings is 1. The van der Waals surface area contributed by atoms with Gasteiger partial charge >= 0.3 is 0 Å². The number of nitrogens with one attached hydrogen (secondary N) is 2. The maximum atomic E-state index is 15.2. The maximum Gasteiger partial charge on any atom is 0.255 e. The van der Waals surface area contributed by atoms with E-state index in [1.54, 1.807) is 18.2 Å². The SMILES string of the molecule is [2H]C1(N2C(=O)c3cccc(NCc4ccc(CN5CC(C)(C)OC(C)(C)C5)cc4F)c3C2([2H])[2H])CCC(=O)NC1=O. The fourth-order valence-corrected chi connectivity index (χ4v) is 5.63. The van der Waals surface area contributed by atoms with Crippen LogP contribution in [0, 0.1) is 5.82 Å². The summed E-state index contributed by atoms with van der Waals surface area (Å²) in [6.07, 6.45) is -0.510. The van der Waals surface area contributed by atoms with Crippen LogP contribution < -0.4 is 10.6 Å². The highest BCUT2D eigenvalue weighted by molar-refractivity contribution is 6.06. The highest BCUT2D eigenvalue weighted by Crippen LogP contribution is 2.33. The molecule has 9 heteroatoms. The number of amides is 3. The summed E-state index contributed by atoms with van der Waals surface area (Å²) in [6, 6.07) is 7.32. The molecule has 2 N–H and O–H groups in total. The Kier molecular flexibility index (Phi) is 5.83. The number of hydrogen-bond acceptors (Lipinski definition) is 6. The molecular formula is C29H35FN4O4. The Hall–Kier alpha value is -3.30. The normalized spacial score (nSPS) is 27.2. The van der Waals surface area contributed by atoms with Gasteiger partial charge in [-0.3, -0.25) is 24.6 Å². The van der Waals surface area contributed by atoms with E-state index in [0.29, 0.717) is 17.0 Å². The number of ether oxygens (including phenoxy) is 1. The summed E-state index contributed by atoms with van der Waals surface area (Å²) in [5, 5.41) is 5.10. The van der Waals surface area contributed by atoms with Crippen LogP contribution in [0.25, 0.3) is 0 Å². The summed E-state index contributed by atoms with van der Waals surface area (Å²) in [6.45, 7) is 7.66. The maximum absolute atomic E-state index is 15.2. The molecule has 1 atom stereocenters. The summed E-state index contributed by atoms with van der Waals surface area (Å²) >= 11 is 0. The van der Waals surface area contributed by atoms with Crippen molar-refractivity contribution in [1.82, 2.24) is 15.1 Å². The summed E-state index contributed by atoms with van der Waals surface area (Å²) in [5.41, 5.74) is 0.764. The van der Waals surface area contributed by atoms with Gasteiger partial charge in [-0.15, -0.1) is 0 Å². The molecule has 0 radical (unpaired) electrons. The summed E-state index contributed by atoms with van der Waals surface area (Å²) < 4.78 is 47.6. The zero-order chi connectivity index (χ0) is 30.0. The van der Waals surface area contributed by atoms with Gasteiger partial charge in [0.15, 0.2) is 0 Å². The number of morpholine rings is 1. The second kappa shape index (κ2) is 9.78. The second-order valence-electron chi connectivity index (χ2n) is 11.4. The van der Waals surface area contributed by atoms with E-state index in [-0.39, 0.29) is 47.4 Å². The van der Waals surface area contributed by atoms with Crippen molar-refractivity contribution < 1.29 is 27.6 Å². The van der Waals surface area contributed by atoms with Crippen LogP contribution in [-0.4, -0.2) is 57.8 Å². The minimum absolute atomic E-state index is 0.00324. The van der Waals surface area contributed by atoms with E-state index in [1.165, 1.54) is 12.1 Å². The fourth-order valence-electron chi connectivity index (χ4n) is 5.63. The minimum atomic E-state index is -2.53. The van der Waals surface area contributed by atoms with E-state index in [1.807, 2.05) is 39.1 Å². The number of rotatable bonds is 6. The number of carbonyl (C=O) groups is 3. The first-order valence-corrected chi connectivity index (χ1v) is 12.8. The van der Waals surface area contributed by atoms with Crippen molar-refractivity contribution in [1.29, 1.82) is 0 Å². The predicted octanol–water partition coefficient (Wildman–Crippen LogP) is 3.59. The van der Waals surface area contributed by atoms with Crippen LogP contribution in [0.5, 0.6) is 0 Å². The molecule has 0 bridgehead atoms. The van der Waals surface area contributed by atoms with Gasteiger partial charge in [0.25, 0.3) is 5.91 Å². The number of nitrogens with zero attached hydrogens (tertiary/aromatic N) is 2. The molecule has 1 unspecified atom stereocenters. The number of benzene rings is 2. The van der Waals surface area contributed by atoms with Gasteiger partial charge in [-0.2, -0.15) is 0 Å². The highest BCUT2D eigenvalue weighted by atomic mass is 19.1. The Balaban J connectivity index is 1.34. The third-order valence-electron chi connectivity index (χ3n) is 6.85. The lowest BCUT2D eigenvalue weighted by Crippen LogP contribution is -2.56. The van der Waals surface area contributed by atoms with Crippen LogP contribution in [0.4, 0.5) is 10.1 Å². The first-order valence-electron chi connectivity index (χ1n) is 14.3. The van der Waals surface area contributed by atoms with E-state index in [2.05, 4.69) is 10.2 Å². The van der Waals surface area contributed by atoms with Crippen LogP contribution in [0.15, 0.2) is 36.4 Å². The number of halogens is 1. The summed E-state index contributed by atoms with van der Waals surface area (Å²) in [5.74, 6) is -2.85. The third kappa shape index (κ3) is 5.44. The fraction of sp³-hybridized carbons (Fsp3) is 0.483. The van der Waals surface area contributed by atoms with Crippen molar-refractivity contribution >= 4 is 23.4 Å². The van der Waals surface area contributed by atoms with Gasteiger partial charge in [-0.25, -0.2) is 4.39 Å². The van der Waals surface area contributed by atoms with E-state index in [4.69, 9.17) is 8.85 Å². The Morgan fingerprint density at radius 3 is 2.58 bits per heavy atom.